The number of nitrogens with zero attached hydrogens (tertiary/aromatic N) is 2. The van der Waals surface area contributed by atoms with Crippen LogP contribution in [0.2, 0.25) is 10.0 Å². The molecular weight excluding hydrogens is 233 g/mol. The van der Waals surface area contributed by atoms with Gasteiger partial charge in [0.25, 0.3) is 0 Å². The summed E-state index contributed by atoms with van der Waals surface area (Å²) in [6.07, 6.45) is 0. The van der Waals surface area contributed by atoms with E-state index in [1.54, 1.807) is 19.1 Å². The van der Waals surface area contributed by atoms with Gasteiger partial charge >= 0.3 is 0 Å². The Balaban J connectivity index is 2.66. The van der Waals surface area contributed by atoms with Gasteiger partial charge in [0.15, 0.2) is 0 Å². The molecule has 2 rings (SSSR count). The van der Waals surface area contributed by atoms with Crippen molar-refractivity contribution in [2.45, 2.75) is 12.8 Å². The number of nitriles is 1. The number of nitrogens with one attached hydrogen (secondary N) is 1. The van der Waals surface area contributed by atoms with Gasteiger partial charge in [0, 0.05) is 5.02 Å². The topological polar surface area (TPSA) is 52.5 Å². The van der Waals surface area contributed by atoms with Gasteiger partial charge in [-0.2, -0.15) is 5.26 Å². The van der Waals surface area contributed by atoms with Crippen molar-refractivity contribution in [2.75, 3.05) is 0 Å². The van der Waals surface area contributed by atoms with Crippen LogP contribution in [0.3, 0.4) is 0 Å². The van der Waals surface area contributed by atoms with Crippen LogP contribution in [0.1, 0.15) is 18.7 Å². The second-order valence-corrected chi connectivity index (χ2v) is 4.10. The van der Waals surface area contributed by atoms with Crippen LogP contribution in [0.25, 0.3) is 11.0 Å². The lowest BCUT2D eigenvalue weighted by Crippen LogP contribution is -1.91. The molecule has 76 valence electrons. The maximum absolute atomic E-state index is 8.77. The highest BCUT2D eigenvalue weighted by molar-refractivity contribution is 6.38. The van der Waals surface area contributed by atoms with Crippen molar-refractivity contribution in [3.05, 3.63) is 28.0 Å². The molecule has 3 nitrogen and oxygen atoms in total. The molecule has 0 aliphatic carbocycles. The highest BCUT2D eigenvalue weighted by Gasteiger charge is 2.12. The summed E-state index contributed by atoms with van der Waals surface area (Å²) in [5.41, 5.74) is 1.41. The molecule has 1 unspecified atom stereocenters. The Labute approximate surface area is 96.6 Å². The average molecular weight is 240 g/mol. The summed E-state index contributed by atoms with van der Waals surface area (Å²) in [6.45, 7) is 1.77. The lowest BCUT2D eigenvalue weighted by atomic mass is 10.2. The smallest absolute Gasteiger partial charge is 0.124 e. The van der Waals surface area contributed by atoms with Gasteiger partial charge in [-0.25, -0.2) is 4.98 Å². The van der Waals surface area contributed by atoms with Crippen molar-refractivity contribution in [1.29, 1.82) is 5.26 Å². The zero-order chi connectivity index (χ0) is 11.0. The third-order valence-electron chi connectivity index (χ3n) is 2.13. The molecule has 0 saturated heterocycles. The van der Waals surface area contributed by atoms with Gasteiger partial charge in [-0.1, -0.05) is 23.2 Å². The van der Waals surface area contributed by atoms with Crippen LogP contribution in [-0.4, -0.2) is 9.97 Å². The Morgan fingerprint density at radius 3 is 2.87 bits per heavy atom. The number of rotatable bonds is 1. The first-order chi connectivity index (χ1) is 7.11. The van der Waals surface area contributed by atoms with Crippen LogP contribution >= 0.6 is 23.2 Å². The first-order valence-corrected chi connectivity index (χ1v) is 5.11. The van der Waals surface area contributed by atoms with Crippen LogP contribution in [0, 0.1) is 11.3 Å². The Morgan fingerprint density at radius 2 is 2.20 bits per heavy atom. The lowest BCUT2D eigenvalue weighted by molar-refractivity contribution is 0.891. The molecule has 0 spiro atoms. The first kappa shape index (κ1) is 10.3. The summed E-state index contributed by atoms with van der Waals surface area (Å²) in [5.74, 6) is 0.323. The van der Waals surface area contributed by atoms with Gasteiger partial charge in [0.05, 0.1) is 16.6 Å². The fourth-order valence-corrected chi connectivity index (χ4v) is 1.86. The molecule has 15 heavy (non-hydrogen) atoms. The normalized spacial score (nSPS) is 12.7. The van der Waals surface area contributed by atoms with Crippen LogP contribution < -0.4 is 0 Å². The van der Waals surface area contributed by atoms with Gasteiger partial charge in [-0.05, 0) is 19.1 Å². The zero-order valence-electron chi connectivity index (χ0n) is 7.88. The molecule has 0 bridgehead atoms. The molecule has 0 aliphatic rings. The summed E-state index contributed by atoms with van der Waals surface area (Å²) >= 11 is 11.8. The fourth-order valence-electron chi connectivity index (χ4n) is 1.33. The predicted octanol–water partition coefficient (Wildman–Crippen LogP) is 3.50. The minimum absolute atomic E-state index is 0.285. The average Bonchev–Trinajstić information content (AvgIpc) is 2.60. The zero-order valence-corrected chi connectivity index (χ0v) is 9.39. The third-order valence-corrected chi connectivity index (χ3v) is 2.63. The number of aromatic amines is 1. The van der Waals surface area contributed by atoms with Gasteiger partial charge in [0.2, 0.25) is 0 Å². The minimum Gasteiger partial charge on any atom is -0.341 e. The van der Waals surface area contributed by atoms with Crippen molar-refractivity contribution in [3.8, 4) is 6.07 Å². The van der Waals surface area contributed by atoms with Crippen LogP contribution in [0.15, 0.2) is 12.1 Å². The van der Waals surface area contributed by atoms with Gasteiger partial charge in [-0.15, -0.1) is 0 Å². The van der Waals surface area contributed by atoms with Crippen molar-refractivity contribution in [3.63, 3.8) is 0 Å². The van der Waals surface area contributed by atoms with E-state index in [0.29, 0.717) is 21.4 Å². The van der Waals surface area contributed by atoms with Crippen molar-refractivity contribution < 1.29 is 0 Å². The number of imidazole rings is 1. The minimum atomic E-state index is -0.285. The van der Waals surface area contributed by atoms with E-state index in [2.05, 4.69) is 16.0 Å². The van der Waals surface area contributed by atoms with Crippen molar-refractivity contribution >= 4 is 34.2 Å². The first-order valence-electron chi connectivity index (χ1n) is 4.36. The van der Waals surface area contributed by atoms with E-state index in [-0.39, 0.29) is 5.92 Å². The van der Waals surface area contributed by atoms with Gasteiger partial charge in [-0.3, -0.25) is 0 Å². The Kier molecular flexibility index (Phi) is 2.56. The van der Waals surface area contributed by atoms with E-state index >= 15 is 0 Å². The Morgan fingerprint density at radius 1 is 1.47 bits per heavy atom. The van der Waals surface area contributed by atoms with Crippen molar-refractivity contribution in [1.82, 2.24) is 9.97 Å². The van der Waals surface area contributed by atoms with E-state index in [4.69, 9.17) is 28.5 Å². The number of hydrogen-bond donors (Lipinski definition) is 1. The molecule has 5 heteroatoms. The van der Waals surface area contributed by atoms with Gasteiger partial charge < -0.3 is 4.98 Å². The maximum Gasteiger partial charge on any atom is 0.124 e. The second kappa shape index (κ2) is 3.73. The summed E-state index contributed by atoms with van der Waals surface area (Å²) in [4.78, 5) is 7.28. The van der Waals surface area contributed by atoms with Gasteiger partial charge in [0.1, 0.15) is 17.3 Å². The summed E-state index contributed by atoms with van der Waals surface area (Å²) in [5, 5.41) is 9.81. The molecule has 1 aromatic carbocycles. The molecule has 0 saturated carbocycles. The number of halogens is 2. The molecule has 1 aromatic heterocycles. The van der Waals surface area contributed by atoms with Crippen molar-refractivity contribution in [2.24, 2.45) is 0 Å². The molecule has 2 aromatic rings. The Hall–Kier alpha value is -1.24. The Bertz CT molecular complexity index is 554. The van der Waals surface area contributed by atoms with E-state index < -0.39 is 0 Å². The number of H-pyrrole nitrogens is 1. The van der Waals surface area contributed by atoms with E-state index in [0.717, 1.165) is 5.52 Å². The molecule has 0 radical (unpaired) electrons. The molecule has 0 fully saturated rings. The molecule has 1 atom stereocenters. The molecular formula is C10H7Cl2N3. The standard InChI is InChI=1S/C10H7Cl2N3/c1-5(4-13)10-14-8-3-6(11)2-7(12)9(8)15-10/h2-3,5H,1H3,(H,14,15). The summed E-state index contributed by atoms with van der Waals surface area (Å²) < 4.78 is 0. The van der Waals surface area contributed by atoms with E-state index in [1.807, 2.05) is 0 Å². The predicted molar refractivity (Wildman–Crippen MR) is 60.1 cm³/mol. The van der Waals surface area contributed by atoms with Crippen LogP contribution in [0.5, 0.6) is 0 Å². The summed E-state index contributed by atoms with van der Waals surface area (Å²) in [7, 11) is 0. The quantitative estimate of drug-likeness (QED) is 0.829. The van der Waals surface area contributed by atoms with E-state index in [1.165, 1.54) is 0 Å². The fraction of sp³-hybridized carbons (Fsp3) is 0.200. The molecule has 1 heterocycles. The largest absolute Gasteiger partial charge is 0.341 e. The highest BCUT2D eigenvalue weighted by Crippen LogP contribution is 2.27. The third kappa shape index (κ3) is 1.79. The lowest BCUT2D eigenvalue weighted by Gasteiger charge is -1.92. The molecule has 0 amide bonds. The number of fused-ring (bicyclic) bond motifs is 1. The number of aromatic nitrogens is 2. The SMILES string of the molecule is CC(C#N)c1nc2c(Cl)cc(Cl)cc2[nH]1. The monoisotopic (exact) mass is 239 g/mol. The molecule has 0 aliphatic heterocycles. The number of hydrogen-bond acceptors (Lipinski definition) is 2. The summed E-state index contributed by atoms with van der Waals surface area (Å²) in [6, 6.07) is 5.48. The maximum atomic E-state index is 8.77. The van der Waals surface area contributed by atoms with Crippen LogP contribution in [0.4, 0.5) is 0 Å². The van der Waals surface area contributed by atoms with E-state index in [9.17, 15) is 0 Å². The highest BCUT2D eigenvalue weighted by atomic mass is 35.5. The second-order valence-electron chi connectivity index (χ2n) is 3.26. The van der Waals surface area contributed by atoms with Crippen LogP contribution in [-0.2, 0) is 0 Å². The molecule has 1 N–H and O–H groups in total. The number of benzene rings is 1.